The van der Waals surface area contributed by atoms with Crippen molar-refractivity contribution in [3.8, 4) is 5.75 Å². The molecular formula is C26H20N2O4S2. The van der Waals surface area contributed by atoms with Crippen molar-refractivity contribution in [1.82, 2.24) is 4.57 Å². The molecule has 1 atom stereocenters. The van der Waals surface area contributed by atoms with Crippen molar-refractivity contribution >= 4 is 40.4 Å². The van der Waals surface area contributed by atoms with Gasteiger partial charge in [-0.2, -0.15) is 0 Å². The predicted octanol–water partition coefficient (Wildman–Crippen LogP) is 3.70. The minimum atomic E-state index is -0.669. The minimum absolute atomic E-state index is 0.0836. The zero-order valence-electron chi connectivity index (χ0n) is 18.2. The number of hydrogen-bond acceptors (Lipinski definition) is 7. The van der Waals surface area contributed by atoms with Crippen LogP contribution in [0.2, 0.25) is 0 Å². The van der Waals surface area contributed by atoms with Crippen LogP contribution in [0.3, 0.4) is 0 Å². The second-order valence-electron chi connectivity index (χ2n) is 7.51. The third kappa shape index (κ3) is 3.91. The van der Waals surface area contributed by atoms with Gasteiger partial charge in [0.2, 0.25) is 0 Å². The van der Waals surface area contributed by atoms with Gasteiger partial charge in [0, 0.05) is 16.0 Å². The highest BCUT2D eigenvalue weighted by Gasteiger charge is 2.35. The number of esters is 1. The molecule has 2 aromatic heterocycles. The van der Waals surface area contributed by atoms with Gasteiger partial charge in [0.25, 0.3) is 5.56 Å². The summed E-state index contributed by atoms with van der Waals surface area (Å²) in [6, 6.07) is 19.4. The lowest BCUT2D eigenvalue weighted by Gasteiger charge is -2.24. The number of thiophene rings is 1. The highest BCUT2D eigenvalue weighted by atomic mass is 32.1. The Morgan fingerprint density at radius 3 is 2.59 bits per heavy atom. The molecule has 2 aromatic carbocycles. The second-order valence-corrected chi connectivity index (χ2v) is 9.49. The van der Waals surface area contributed by atoms with Gasteiger partial charge in [-0.15, -0.1) is 11.3 Å². The van der Waals surface area contributed by atoms with Gasteiger partial charge in [-0.05, 0) is 30.5 Å². The van der Waals surface area contributed by atoms with Crippen LogP contribution in [0.1, 0.15) is 29.0 Å². The number of aromatic hydroxyl groups is 1. The largest absolute Gasteiger partial charge is 0.507 e. The van der Waals surface area contributed by atoms with E-state index in [1.54, 1.807) is 41.8 Å². The number of fused-ring (bicyclic) bond motifs is 1. The van der Waals surface area contributed by atoms with E-state index >= 15 is 0 Å². The topological polar surface area (TPSA) is 80.9 Å². The van der Waals surface area contributed by atoms with E-state index in [1.165, 1.54) is 22.7 Å². The standard InChI is InChI=1S/C26H20N2O4S2/c1-2-32-25(31)21-22(16-9-4-3-5-10-16)27-26-28(23(21)19-13-8-14-33-19)24(30)20(34-26)15-17-11-6-7-12-18(17)29/h3-15,23,29H,2H2,1H3. The summed E-state index contributed by atoms with van der Waals surface area (Å²) >= 11 is 2.69. The number of carbonyl (C=O) groups is 1. The Hall–Kier alpha value is -3.75. The monoisotopic (exact) mass is 488 g/mol. The van der Waals surface area contributed by atoms with Crippen molar-refractivity contribution in [2.45, 2.75) is 13.0 Å². The first-order valence-electron chi connectivity index (χ1n) is 10.7. The van der Waals surface area contributed by atoms with Crippen LogP contribution >= 0.6 is 22.7 Å². The van der Waals surface area contributed by atoms with Crippen LogP contribution in [-0.2, 0) is 9.53 Å². The van der Waals surface area contributed by atoms with Crippen LogP contribution in [0, 0.1) is 0 Å². The zero-order valence-corrected chi connectivity index (χ0v) is 19.8. The maximum Gasteiger partial charge on any atom is 0.338 e. The van der Waals surface area contributed by atoms with Gasteiger partial charge in [-0.3, -0.25) is 9.36 Å². The number of rotatable bonds is 5. The van der Waals surface area contributed by atoms with E-state index in [4.69, 9.17) is 9.73 Å². The zero-order chi connectivity index (χ0) is 23.7. The van der Waals surface area contributed by atoms with Crippen molar-refractivity contribution in [2.24, 2.45) is 4.99 Å². The molecule has 0 spiro atoms. The fourth-order valence-corrected chi connectivity index (χ4v) is 5.72. The Kier molecular flexibility index (Phi) is 6.00. The number of para-hydroxylation sites is 1. The Labute approximate surface area is 203 Å². The molecule has 1 unspecified atom stereocenters. The first kappa shape index (κ1) is 22.1. The Morgan fingerprint density at radius 2 is 1.88 bits per heavy atom. The lowest BCUT2D eigenvalue weighted by molar-refractivity contribution is -0.138. The number of thiazole rings is 1. The van der Waals surface area contributed by atoms with Crippen LogP contribution in [0.15, 0.2) is 87.5 Å². The molecule has 0 bridgehead atoms. The minimum Gasteiger partial charge on any atom is -0.507 e. The van der Waals surface area contributed by atoms with E-state index in [-0.39, 0.29) is 17.9 Å². The lowest BCUT2D eigenvalue weighted by Crippen LogP contribution is -2.39. The molecule has 34 heavy (non-hydrogen) atoms. The lowest BCUT2D eigenvalue weighted by atomic mass is 9.97. The summed E-state index contributed by atoms with van der Waals surface area (Å²) in [5.41, 5.74) is 1.85. The van der Waals surface area contributed by atoms with Crippen molar-refractivity contribution in [2.75, 3.05) is 6.61 Å². The summed E-state index contributed by atoms with van der Waals surface area (Å²) in [6.45, 7) is 1.96. The van der Waals surface area contributed by atoms with E-state index in [9.17, 15) is 14.7 Å². The number of hydrogen-bond donors (Lipinski definition) is 1. The van der Waals surface area contributed by atoms with Crippen LogP contribution in [-0.4, -0.2) is 22.2 Å². The van der Waals surface area contributed by atoms with E-state index in [2.05, 4.69) is 0 Å². The van der Waals surface area contributed by atoms with Crippen LogP contribution in [0.25, 0.3) is 11.8 Å². The highest BCUT2D eigenvalue weighted by molar-refractivity contribution is 7.10. The number of ether oxygens (including phenoxy) is 1. The number of carbonyl (C=O) groups excluding carboxylic acids is 1. The van der Waals surface area contributed by atoms with Crippen molar-refractivity contribution < 1.29 is 14.6 Å². The average Bonchev–Trinajstić information content (AvgIpc) is 3.49. The van der Waals surface area contributed by atoms with Crippen LogP contribution in [0.4, 0.5) is 0 Å². The van der Waals surface area contributed by atoms with Crippen LogP contribution < -0.4 is 14.9 Å². The van der Waals surface area contributed by atoms with Gasteiger partial charge < -0.3 is 9.84 Å². The molecule has 4 aromatic rings. The summed E-state index contributed by atoms with van der Waals surface area (Å²) in [5.74, 6) is -0.418. The maximum atomic E-state index is 13.6. The van der Waals surface area contributed by atoms with Crippen LogP contribution in [0.5, 0.6) is 5.75 Å². The maximum absolute atomic E-state index is 13.6. The van der Waals surface area contributed by atoms with E-state index in [0.29, 0.717) is 26.2 Å². The van der Waals surface area contributed by atoms with Gasteiger partial charge >= 0.3 is 5.97 Å². The molecule has 8 heteroatoms. The van der Waals surface area contributed by atoms with Crippen molar-refractivity contribution in [1.29, 1.82) is 0 Å². The first-order valence-corrected chi connectivity index (χ1v) is 12.4. The fraction of sp³-hybridized carbons (Fsp3) is 0.115. The van der Waals surface area contributed by atoms with Crippen molar-refractivity contribution in [3.63, 3.8) is 0 Å². The molecule has 0 aliphatic carbocycles. The first-order chi connectivity index (χ1) is 16.6. The summed E-state index contributed by atoms with van der Waals surface area (Å²) in [7, 11) is 0. The molecule has 0 saturated carbocycles. The molecule has 0 amide bonds. The Balaban J connectivity index is 1.83. The number of aromatic nitrogens is 1. The molecule has 0 radical (unpaired) electrons. The second kappa shape index (κ2) is 9.24. The molecule has 1 N–H and O–H groups in total. The SMILES string of the molecule is CCOC(=O)C1=C(c2ccccc2)N=c2sc(=Cc3ccccc3O)c(=O)n2C1c1cccs1. The van der Waals surface area contributed by atoms with Gasteiger partial charge in [0.05, 0.1) is 22.4 Å². The number of phenols is 1. The summed E-state index contributed by atoms with van der Waals surface area (Å²) in [5, 5.41) is 12.1. The molecule has 0 fully saturated rings. The molecule has 6 nitrogen and oxygen atoms in total. The summed E-state index contributed by atoms with van der Waals surface area (Å²) in [4.78, 5) is 33.0. The average molecular weight is 489 g/mol. The molecule has 3 heterocycles. The van der Waals surface area contributed by atoms with Gasteiger partial charge in [0.1, 0.15) is 11.8 Å². The van der Waals surface area contributed by atoms with E-state index in [0.717, 1.165) is 10.4 Å². The van der Waals surface area contributed by atoms with Gasteiger partial charge in [0.15, 0.2) is 4.80 Å². The van der Waals surface area contributed by atoms with Gasteiger partial charge in [-0.25, -0.2) is 9.79 Å². The predicted molar refractivity (Wildman–Crippen MR) is 133 cm³/mol. The molecular weight excluding hydrogens is 468 g/mol. The molecule has 5 rings (SSSR count). The van der Waals surface area contributed by atoms with Gasteiger partial charge in [-0.1, -0.05) is 65.9 Å². The molecule has 1 aliphatic heterocycles. The molecule has 0 saturated heterocycles. The van der Waals surface area contributed by atoms with Crippen molar-refractivity contribution in [3.05, 3.63) is 113 Å². The summed E-state index contributed by atoms with van der Waals surface area (Å²) < 4.78 is 7.40. The Bertz CT molecular complexity index is 1560. The molecule has 1 aliphatic rings. The number of phenolic OH excluding ortho intramolecular Hbond substituents is 1. The smallest absolute Gasteiger partial charge is 0.338 e. The highest BCUT2D eigenvalue weighted by Crippen LogP contribution is 2.36. The number of nitrogens with zero attached hydrogens (tertiary/aromatic N) is 2. The Morgan fingerprint density at radius 1 is 1.12 bits per heavy atom. The molecule has 170 valence electrons. The van der Waals surface area contributed by atoms with E-state index in [1.807, 2.05) is 47.8 Å². The van der Waals surface area contributed by atoms with E-state index < -0.39 is 12.0 Å². The fourth-order valence-electron chi connectivity index (χ4n) is 3.91. The number of benzene rings is 2. The quantitative estimate of drug-likeness (QED) is 0.435. The third-order valence-electron chi connectivity index (χ3n) is 5.41. The third-order valence-corrected chi connectivity index (χ3v) is 7.32. The normalized spacial score (nSPS) is 15.7. The summed E-state index contributed by atoms with van der Waals surface area (Å²) in [6.07, 6.45) is 1.65.